The van der Waals surface area contributed by atoms with Gasteiger partial charge in [0, 0.05) is 31.1 Å². The zero-order valence-electron chi connectivity index (χ0n) is 11.6. The Morgan fingerprint density at radius 1 is 1.29 bits per heavy atom. The molecule has 108 valence electrons. The second kappa shape index (κ2) is 6.00. The lowest BCUT2D eigenvalue weighted by Gasteiger charge is -2.09. The van der Waals surface area contributed by atoms with Crippen LogP contribution in [0.2, 0.25) is 0 Å². The lowest BCUT2D eigenvalue weighted by molar-refractivity contribution is -0.384. The number of aromatic nitrogens is 1. The molecule has 0 aliphatic heterocycles. The van der Waals surface area contributed by atoms with Crippen molar-refractivity contribution in [3.05, 3.63) is 57.8 Å². The van der Waals surface area contributed by atoms with Crippen molar-refractivity contribution in [3.63, 3.8) is 0 Å². The molecule has 1 heterocycles. The summed E-state index contributed by atoms with van der Waals surface area (Å²) in [5.74, 6) is -0.0605. The summed E-state index contributed by atoms with van der Waals surface area (Å²) in [5.41, 5.74) is 1.50. The number of anilines is 2. The van der Waals surface area contributed by atoms with Crippen molar-refractivity contribution in [2.45, 2.75) is 6.92 Å². The number of rotatable bonds is 4. The molecule has 0 aliphatic rings. The molecule has 1 amide bonds. The van der Waals surface area contributed by atoms with Crippen molar-refractivity contribution in [1.29, 1.82) is 0 Å². The van der Waals surface area contributed by atoms with Gasteiger partial charge in [-0.25, -0.2) is 4.98 Å². The van der Waals surface area contributed by atoms with Crippen molar-refractivity contribution >= 4 is 23.1 Å². The molecule has 1 aromatic carbocycles. The quantitative estimate of drug-likeness (QED) is 0.665. The average Bonchev–Trinajstić information content (AvgIpc) is 2.46. The predicted molar refractivity (Wildman–Crippen MR) is 79.6 cm³/mol. The summed E-state index contributed by atoms with van der Waals surface area (Å²) in [4.78, 5) is 26.6. The summed E-state index contributed by atoms with van der Waals surface area (Å²) in [6.07, 6.45) is 1.58. The minimum absolute atomic E-state index is 0.142. The third-order valence-corrected chi connectivity index (χ3v) is 2.88. The summed E-state index contributed by atoms with van der Waals surface area (Å²) in [7, 11) is 1.64. The zero-order chi connectivity index (χ0) is 15.4. The third kappa shape index (κ3) is 3.33. The van der Waals surface area contributed by atoms with E-state index in [0.29, 0.717) is 11.5 Å². The van der Waals surface area contributed by atoms with Gasteiger partial charge >= 0.3 is 0 Å². The monoisotopic (exact) mass is 286 g/mol. The van der Waals surface area contributed by atoms with E-state index in [1.54, 1.807) is 19.3 Å². The van der Waals surface area contributed by atoms with Gasteiger partial charge in [0.05, 0.1) is 10.5 Å². The summed E-state index contributed by atoms with van der Waals surface area (Å²) >= 11 is 0. The molecule has 7 heteroatoms. The first kappa shape index (κ1) is 14.4. The number of pyridine rings is 1. The number of nitro benzene ring substituents is 1. The molecular formula is C14H14N4O3. The van der Waals surface area contributed by atoms with Crippen LogP contribution in [0.25, 0.3) is 0 Å². The van der Waals surface area contributed by atoms with Crippen LogP contribution in [-0.4, -0.2) is 22.9 Å². The van der Waals surface area contributed by atoms with Crippen molar-refractivity contribution in [3.8, 4) is 0 Å². The zero-order valence-corrected chi connectivity index (χ0v) is 11.6. The highest BCUT2D eigenvalue weighted by molar-refractivity contribution is 6.08. The van der Waals surface area contributed by atoms with Gasteiger partial charge in [-0.15, -0.1) is 0 Å². The SMILES string of the molecule is CNc1ccc([N+](=O)[O-])cc1C(=O)Nc1cc(C)ccn1. The molecule has 0 atom stereocenters. The van der Waals surface area contributed by atoms with Crippen LogP contribution >= 0.6 is 0 Å². The van der Waals surface area contributed by atoms with Gasteiger partial charge in [0.2, 0.25) is 0 Å². The Hall–Kier alpha value is -2.96. The highest BCUT2D eigenvalue weighted by Crippen LogP contribution is 2.22. The number of nitrogens with one attached hydrogen (secondary N) is 2. The lowest BCUT2D eigenvalue weighted by Crippen LogP contribution is -2.15. The van der Waals surface area contributed by atoms with Gasteiger partial charge in [-0.2, -0.15) is 0 Å². The molecule has 0 bridgehead atoms. The van der Waals surface area contributed by atoms with Crippen molar-refractivity contribution in [2.24, 2.45) is 0 Å². The van der Waals surface area contributed by atoms with Crippen LogP contribution in [0, 0.1) is 17.0 Å². The number of aryl methyl sites for hydroxylation is 1. The van der Waals surface area contributed by atoms with E-state index in [2.05, 4.69) is 15.6 Å². The van der Waals surface area contributed by atoms with E-state index >= 15 is 0 Å². The largest absolute Gasteiger partial charge is 0.387 e. The standard InChI is InChI=1S/C14H14N4O3/c1-9-5-6-16-13(7-9)17-14(19)11-8-10(18(20)21)3-4-12(11)15-2/h3-8,15H,1-2H3,(H,16,17,19). The van der Waals surface area contributed by atoms with E-state index in [1.165, 1.54) is 18.2 Å². The first-order valence-corrected chi connectivity index (χ1v) is 6.21. The molecule has 0 fully saturated rings. The predicted octanol–water partition coefficient (Wildman–Crippen LogP) is 2.59. The first-order valence-electron chi connectivity index (χ1n) is 6.21. The number of nitrogens with zero attached hydrogens (tertiary/aromatic N) is 2. The molecule has 0 radical (unpaired) electrons. The molecule has 2 aromatic rings. The van der Waals surface area contributed by atoms with Gasteiger partial charge in [-0.1, -0.05) is 0 Å². The van der Waals surface area contributed by atoms with Crippen molar-refractivity contribution in [2.75, 3.05) is 17.7 Å². The Balaban J connectivity index is 2.33. The fraction of sp³-hybridized carbons (Fsp3) is 0.143. The van der Waals surface area contributed by atoms with E-state index in [1.807, 2.05) is 13.0 Å². The molecule has 1 aromatic heterocycles. The van der Waals surface area contributed by atoms with E-state index in [-0.39, 0.29) is 11.3 Å². The van der Waals surface area contributed by atoms with Crippen LogP contribution < -0.4 is 10.6 Å². The molecule has 0 spiro atoms. The molecular weight excluding hydrogens is 272 g/mol. The van der Waals surface area contributed by atoms with Gasteiger partial charge in [0.15, 0.2) is 0 Å². The highest BCUT2D eigenvalue weighted by Gasteiger charge is 2.16. The van der Waals surface area contributed by atoms with E-state index in [4.69, 9.17) is 0 Å². The van der Waals surface area contributed by atoms with Gasteiger partial charge in [-0.3, -0.25) is 14.9 Å². The summed E-state index contributed by atoms with van der Waals surface area (Å²) < 4.78 is 0. The number of non-ortho nitro benzene ring substituents is 1. The van der Waals surface area contributed by atoms with Gasteiger partial charge in [0.1, 0.15) is 5.82 Å². The van der Waals surface area contributed by atoms with Crippen molar-refractivity contribution < 1.29 is 9.72 Å². The summed E-state index contributed by atoms with van der Waals surface area (Å²) in [6.45, 7) is 1.88. The van der Waals surface area contributed by atoms with E-state index < -0.39 is 10.8 Å². The molecule has 0 saturated heterocycles. The highest BCUT2D eigenvalue weighted by atomic mass is 16.6. The fourth-order valence-corrected chi connectivity index (χ4v) is 1.84. The Kier molecular flexibility index (Phi) is 4.13. The number of carbonyl (C=O) groups is 1. The maximum atomic E-state index is 12.3. The minimum atomic E-state index is -0.541. The Labute approximate surface area is 121 Å². The maximum absolute atomic E-state index is 12.3. The van der Waals surface area contributed by atoms with Crippen LogP contribution in [0.5, 0.6) is 0 Å². The molecule has 0 saturated carbocycles. The number of carbonyl (C=O) groups excluding carboxylic acids is 1. The molecule has 0 aliphatic carbocycles. The number of hydrogen-bond acceptors (Lipinski definition) is 5. The molecule has 7 nitrogen and oxygen atoms in total. The lowest BCUT2D eigenvalue weighted by atomic mass is 10.1. The topological polar surface area (TPSA) is 97.2 Å². The van der Waals surface area contributed by atoms with E-state index in [0.717, 1.165) is 5.56 Å². The van der Waals surface area contributed by atoms with Gasteiger partial charge < -0.3 is 10.6 Å². The molecule has 2 N–H and O–H groups in total. The van der Waals surface area contributed by atoms with Crippen LogP contribution in [0.3, 0.4) is 0 Å². The Bertz CT molecular complexity index is 700. The normalized spacial score (nSPS) is 10.0. The number of nitro groups is 1. The summed E-state index contributed by atoms with van der Waals surface area (Å²) in [6, 6.07) is 7.59. The second-order valence-corrected chi connectivity index (χ2v) is 4.41. The van der Waals surface area contributed by atoms with Crippen molar-refractivity contribution in [1.82, 2.24) is 4.98 Å². The Morgan fingerprint density at radius 2 is 2.05 bits per heavy atom. The molecule has 21 heavy (non-hydrogen) atoms. The summed E-state index contributed by atoms with van der Waals surface area (Å²) in [5, 5.41) is 16.3. The Morgan fingerprint density at radius 3 is 2.67 bits per heavy atom. The van der Waals surface area contributed by atoms with Crippen LogP contribution in [0.15, 0.2) is 36.5 Å². The fourth-order valence-electron chi connectivity index (χ4n) is 1.84. The second-order valence-electron chi connectivity index (χ2n) is 4.41. The first-order chi connectivity index (χ1) is 10.0. The number of hydrogen-bond donors (Lipinski definition) is 2. The van der Waals surface area contributed by atoms with Gasteiger partial charge in [0.25, 0.3) is 11.6 Å². The minimum Gasteiger partial charge on any atom is -0.387 e. The molecule has 0 unspecified atom stereocenters. The number of benzene rings is 1. The smallest absolute Gasteiger partial charge is 0.270 e. The third-order valence-electron chi connectivity index (χ3n) is 2.88. The maximum Gasteiger partial charge on any atom is 0.270 e. The number of amides is 1. The molecule has 2 rings (SSSR count). The van der Waals surface area contributed by atoms with Crippen LogP contribution in [0.1, 0.15) is 15.9 Å². The van der Waals surface area contributed by atoms with Crippen LogP contribution in [-0.2, 0) is 0 Å². The average molecular weight is 286 g/mol. The van der Waals surface area contributed by atoms with Gasteiger partial charge in [-0.05, 0) is 30.7 Å². The van der Waals surface area contributed by atoms with Crippen LogP contribution in [0.4, 0.5) is 17.2 Å². The van der Waals surface area contributed by atoms with E-state index in [9.17, 15) is 14.9 Å².